The molecule has 2 fully saturated rings. The van der Waals surface area contributed by atoms with E-state index < -0.39 is 0 Å². The molecule has 0 aromatic heterocycles. The van der Waals surface area contributed by atoms with Crippen LogP contribution in [-0.4, -0.2) is 29.4 Å². The molecule has 0 aromatic rings. The van der Waals surface area contributed by atoms with E-state index in [2.05, 4.69) is 5.32 Å². The van der Waals surface area contributed by atoms with E-state index in [1.165, 1.54) is 0 Å². The van der Waals surface area contributed by atoms with Crippen LogP contribution in [0.15, 0.2) is 0 Å². The molecule has 1 spiro atoms. The third kappa shape index (κ3) is 0.686. The topological polar surface area (TPSA) is 58.6 Å². The molecular formula is C6H9NO3. The first-order valence-electron chi connectivity index (χ1n) is 3.35. The number of ether oxygens (including phenoxy) is 1. The molecule has 0 aromatic carbocycles. The minimum Gasteiger partial charge on any atom is -0.441 e. The summed E-state index contributed by atoms with van der Waals surface area (Å²) in [5.41, 5.74) is -0.351. The second-order valence-electron chi connectivity index (χ2n) is 2.99. The van der Waals surface area contributed by atoms with Crippen LogP contribution >= 0.6 is 0 Å². The lowest BCUT2D eigenvalue weighted by Crippen LogP contribution is -2.49. The molecular weight excluding hydrogens is 134 g/mol. The quantitative estimate of drug-likeness (QED) is 0.486. The predicted octanol–water partition coefficient (Wildman–Crippen LogP) is -0.380. The molecule has 4 nitrogen and oxygen atoms in total. The Morgan fingerprint density at radius 3 is 2.80 bits per heavy atom. The average molecular weight is 143 g/mol. The molecule has 1 amide bonds. The van der Waals surface area contributed by atoms with Gasteiger partial charge in [-0.15, -0.1) is 0 Å². The van der Waals surface area contributed by atoms with E-state index in [-0.39, 0.29) is 17.8 Å². The molecule has 4 heteroatoms. The van der Waals surface area contributed by atoms with Crippen molar-refractivity contribution < 1.29 is 14.6 Å². The van der Waals surface area contributed by atoms with Crippen molar-refractivity contribution in [3.63, 3.8) is 0 Å². The van der Waals surface area contributed by atoms with E-state index in [0.717, 1.165) is 0 Å². The summed E-state index contributed by atoms with van der Waals surface area (Å²) in [6.45, 7) is 0.558. The molecule has 0 radical (unpaired) electrons. The lowest BCUT2D eigenvalue weighted by molar-refractivity contribution is -0.0895. The van der Waals surface area contributed by atoms with Crippen molar-refractivity contribution in [3.05, 3.63) is 0 Å². The Bertz CT molecular complexity index is 174. The molecule has 1 aliphatic heterocycles. The molecule has 0 bridgehead atoms. The highest BCUT2D eigenvalue weighted by molar-refractivity contribution is 5.70. The van der Waals surface area contributed by atoms with Crippen molar-refractivity contribution in [1.29, 1.82) is 0 Å². The molecule has 1 heterocycles. The summed E-state index contributed by atoms with van der Waals surface area (Å²) in [6.07, 6.45) is 0.553. The Balaban J connectivity index is 2.01. The maximum atomic E-state index is 10.5. The summed E-state index contributed by atoms with van der Waals surface area (Å²) >= 11 is 0. The zero-order valence-corrected chi connectivity index (χ0v) is 5.46. The number of carbonyl (C=O) groups excluding carboxylic acids is 1. The highest BCUT2D eigenvalue weighted by Crippen LogP contribution is 2.37. The zero-order chi connectivity index (χ0) is 7.19. The second kappa shape index (κ2) is 1.63. The largest absolute Gasteiger partial charge is 0.441 e. The highest BCUT2D eigenvalue weighted by atomic mass is 16.6. The van der Waals surface area contributed by atoms with Crippen LogP contribution in [0.3, 0.4) is 0 Å². The lowest BCUT2D eigenvalue weighted by atomic mass is 9.78. The fourth-order valence-corrected chi connectivity index (χ4v) is 1.53. The number of hydrogen-bond acceptors (Lipinski definition) is 3. The van der Waals surface area contributed by atoms with Gasteiger partial charge >= 0.3 is 6.09 Å². The van der Waals surface area contributed by atoms with Crippen molar-refractivity contribution in [2.45, 2.75) is 24.5 Å². The van der Waals surface area contributed by atoms with E-state index in [1.54, 1.807) is 0 Å². The van der Waals surface area contributed by atoms with Crippen LogP contribution in [0, 0.1) is 0 Å². The summed E-state index contributed by atoms with van der Waals surface area (Å²) in [5, 5.41) is 11.5. The first-order chi connectivity index (χ1) is 4.70. The van der Waals surface area contributed by atoms with Gasteiger partial charge in [0.25, 0.3) is 0 Å². The van der Waals surface area contributed by atoms with Crippen molar-refractivity contribution in [1.82, 2.24) is 5.32 Å². The summed E-state index contributed by atoms with van der Waals surface area (Å²) < 4.78 is 4.95. The van der Waals surface area contributed by atoms with Gasteiger partial charge in [0.05, 0.1) is 12.6 Å². The number of alkyl carbamates (subject to hydrolysis) is 1. The molecule has 2 aliphatic rings. The van der Waals surface area contributed by atoms with Crippen LogP contribution in [0.25, 0.3) is 0 Å². The van der Waals surface area contributed by atoms with Gasteiger partial charge in [-0.1, -0.05) is 0 Å². The number of hydrogen-bond donors (Lipinski definition) is 2. The Morgan fingerprint density at radius 2 is 2.40 bits per heavy atom. The Kier molecular flexibility index (Phi) is 0.976. The van der Waals surface area contributed by atoms with Crippen molar-refractivity contribution in [2.24, 2.45) is 0 Å². The van der Waals surface area contributed by atoms with Crippen molar-refractivity contribution in [2.75, 3.05) is 6.54 Å². The van der Waals surface area contributed by atoms with Gasteiger partial charge in [-0.3, -0.25) is 0 Å². The average Bonchev–Trinajstić information content (AvgIpc) is 2.10. The Morgan fingerprint density at radius 1 is 1.70 bits per heavy atom. The maximum absolute atomic E-state index is 10.5. The zero-order valence-electron chi connectivity index (χ0n) is 5.46. The molecule has 2 rings (SSSR count). The van der Waals surface area contributed by atoms with E-state index in [0.29, 0.717) is 19.4 Å². The van der Waals surface area contributed by atoms with Gasteiger partial charge < -0.3 is 15.2 Å². The van der Waals surface area contributed by atoms with Gasteiger partial charge in [0, 0.05) is 12.8 Å². The molecule has 56 valence electrons. The molecule has 0 unspecified atom stereocenters. The van der Waals surface area contributed by atoms with E-state index in [9.17, 15) is 4.79 Å². The van der Waals surface area contributed by atoms with Crippen LogP contribution in [-0.2, 0) is 4.74 Å². The van der Waals surface area contributed by atoms with E-state index in [1.807, 2.05) is 0 Å². The highest BCUT2D eigenvalue weighted by Gasteiger charge is 2.50. The summed E-state index contributed by atoms with van der Waals surface area (Å²) in [5.74, 6) is 0. The minimum absolute atomic E-state index is 0.271. The van der Waals surface area contributed by atoms with Gasteiger partial charge in [-0.25, -0.2) is 4.79 Å². The van der Waals surface area contributed by atoms with E-state index >= 15 is 0 Å². The maximum Gasteiger partial charge on any atom is 0.407 e. The fourth-order valence-electron chi connectivity index (χ4n) is 1.53. The lowest BCUT2D eigenvalue weighted by Gasteiger charge is -2.39. The molecule has 0 atom stereocenters. The van der Waals surface area contributed by atoms with Crippen LogP contribution in [0.5, 0.6) is 0 Å². The normalized spacial score (nSPS) is 44.5. The van der Waals surface area contributed by atoms with Crippen LogP contribution in [0.1, 0.15) is 12.8 Å². The first-order valence-corrected chi connectivity index (χ1v) is 3.35. The molecule has 1 aliphatic carbocycles. The van der Waals surface area contributed by atoms with Crippen molar-refractivity contribution in [3.8, 4) is 0 Å². The SMILES string of the molecule is O=C1NCC2(CC(O)C2)O1. The summed E-state index contributed by atoms with van der Waals surface area (Å²) in [6, 6.07) is 0. The molecule has 2 N–H and O–H groups in total. The Hall–Kier alpha value is -0.770. The standard InChI is InChI=1S/C6H9NO3/c8-4-1-6(2-4)3-7-5(9)10-6/h4,8H,1-3H2,(H,7,9). The third-order valence-corrected chi connectivity index (χ3v) is 2.08. The van der Waals surface area contributed by atoms with Crippen LogP contribution in [0.2, 0.25) is 0 Å². The Labute approximate surface area is 58.2 Å². The second-order valence-corrected chi connectivity index (χ2v) is 2.99. The number of aliphatic hydroxyl groups excluding tert-OH is 1. The van der Waals surface area contributed by atoms with Gasteiger partial charge in [0.15, 0.2) is 0 Å². The number of aliphatic hydroxyl groups is 1. The number of amides is 1. The monoisotopic (exact) mass is 143 g/mol. The number of carbonyl (C=O) groups is 1. The van der Waals surface area contributed by atoms with Gasteiger partial charge in [0.2, 0.25) is 0 Å². The number of nitrogens with one attached hydrogen (secondary N) is 1. The molecule has 10 heavy (non-hydrogen) atoms. The number of rotatable bonds is 0. The predicted molar refractivity (Wildman–Crippen MR) is 32.5 cm³/mol. The van der Waals surface area contributed by atoms with E-state index in [4.69, 9.17) is 9.84 Å². The van der Waals surface area contributed by atoms with Gasteiger partial charge in [-0.05, 0) is 0 Å². The van der Waals surface area contributed by atoms with Crippen molar-refractivity contribution >= 4 is 6.09 Å². The molecule has 1 saturated carbocycles. The molecule has 1 saturated heterocycles. The van der Waals surface area contributed by atoms with Crippen LogP contribution < -0.4 is 5.32 Å². The summed E-state index contributed by atoms with van der Waals surface area (Å²) in [7, 11) is 0. The third-order valence-electron chi connectivity index (χ3n) is 2.08. The fraction of sp³-hybridized carbons (Fsp3) is 0.833. The minimum atomic E-state index is -0.355. The van der Waals surface area contributed by atoms with Crippen LogP contribution in [0.4, 0.5) is 4.79 Å². The van der Waals surface area contributed by atoms with Gasteiger partial charge in [0.1, 0.15) is 5.60 Å². The first kappa shape index (κ1) is 5.97. The van der Waals surface area contributed by atoms with Gasteiger partial charge in [-0.2, -0.15) is 0 Å². The smallest absolute Gasteiger partial charge is 0.407 e. The summed E-state index contributed by atoms with van der Waals surface area (Å²) in [4.78, 5) is 10.5.